The van der Waals surface area contributed by atoms with Gasteiger partial charge in [0.15, 0.2) is 0 Å². The van der Waals surface area contributed by atoms with Gasteiger partial charge in [-0.25, -0.2) is 13.4 Å². The highest BCUT2D eigenvalue weighted by Gasteiger charge is 2.31. The van der Waals surface area contributed by atoms with Gasteiger partial charge in [0.05, 0.1) is 21.8 Å². The van der Waals surface area contributed by atoms with Crippen LogP contribution in [0.1, 0.15) is 25.7 Å². The second kappa shape index (κ2) is 9.05. The van der Waals surface area contributed by atoms with Crippen LogP contribution in [0.25, 0.3) is 10.9 Å². The number of nitrogens with zero attached hydrogens (tertiary/aromatic N) is 4. The Hall–Kier alpha value is -3.08. The topological polar surface area (TPSA) is 105 Å². The maximum absolute atomic E-state index is 13.1. The Morgan fingerprint density at radius 3 is 2.30 bits per heavy atom. The molecule has 1 N–H and O–H groups in total. The lowest BCUT2D eigenvalue weighted by atomic mass is 10.2. The van der Waals surface area contributed by atoms with E-state index in [4.69, 9.17) is 4.98 Å². The minimum atomic E-state index is -3.64. The molecule has 1 unspecified atom stereocenters. The quantitative estimate of drug-likeness (QED) is 0.613. The molecule has 1 atom stereocenters. The number of carbonyl (C=O) groups excluding carboxylic acids is 1. The molecule has 0 radical (unpaired) electrons. The summed E-state index contributed by atoms with van der Waals surface area (Å²) in [5, 5.41) is 3.21. The summed E-state index contributed by atoms with van der Waals surface area (Å²) in [6.07, 6.45) is 0. The number of amides is 1. The largest absolute Gasteiger partial charge is 0.326 e. The number of anilines is 1. The highest BCUT2D eigenvalue weighted by atomic mass is 32.2. The first-order valence-electron chi connectivity index (χ1n) is 10.8. The van der Waals surface area contributed by atoms with Gasteiger partial charge in [0.1, 0.15) is 5.82 Å². The Morgan fingerprint density at radius 1 is 1.03 bits per heavy atom. The molecule has 174 valence electrons. The van der Waals surface area contributed by atoms with Gasteiger partial charge in [-0.2, -0.15) is 4.31 Å². The first-order chi connectivity index (χ1) is 15.7. The zero-order chi connectivity index (χ0) is 23.8. The third-order valence-corrected chi connectivity index (χ3v) is 7.94. The summed E-state index contributed by atoms with van der Waals surface area (Å²) in [6, 6.07) is 13.3. The minimum Gasteiger partial charge on any atom is -0.326 e. The van der Waals surface area contributed by atoms with Crippen molar-refractivity contribution in [3.8, 4) is 0 Å². The first-order valence-corrected chi connectivity index (χ1v) is 12.2. The highest BCUT2D eigenvalue weighted by Crippen LogP contribution is 2.24. The number of hydrogen-bond donors (Lipinski definition) is 1. The second-order valence-electron chi connectivity index (χ2n) is 8.17. The molecule has 10 heteroatoms. The van der Waals surface area contributed by atoms with E-state index >= 15 is 0 Å². The number of benzene rings is 2. The summed E-state index contributed by atoms with van der Waals surface area (Å²) in [6.45, 7) is 5.10. The van der Waals surface area contributed by atoms with Crippen molar-refractivity contribution in [1.82, 2.24) is 18.8 Å². The average molecular weight is 470 g/mol. The van der Waals surface area contributed by atoms with Crippen molar-refractivity contribution in [2.75, 3.05) is 31.5 Å². The fraction of sp³-hybridized carbons (Fsp3) is 0.348. The molecular formula is C23H27N5O4S. The molecule has 1 aliphatic heterocycles. The highest BCUT2D eigenvalue weighted by molar-refractivity contribution is 7.89. The lowest BCUT2D eigenvalue weighted by molar-refractivity contribution is -0.114. The van der Waals surface area contributed by atoms with E-state index in [1.807, 2.05) is 25.1 Å². The summed E-state index contributed by atoms with van der Waals surface area (Å²) in [4.78, 5) is 31.0. The number of rotatable bonds is 5. The van der Waals surface area contributed by atoms with E-state index in [-0.39, 0.29) is 22.4 Å². The van der Waals surface area contributed by atoms with Crippen LogP contribution in [0.2, 0.25) is 0 Å². The van der Waals surface area contributed by atoms with Gasteiger partial charge in [-0.3, -0.25) is 19.1 Å². The van der Waals surface area contributed by atoms with Gasteiger partial charge in [-0.05, 0) is 43.3 Å². The summed E-state index contributed by atoms with van der Waals surface area (Å²) in [5.74, 6) is 0.442. The number of piperazine rings is 1. The molecule has 0 aliphatic carbocycles. The smallest absolute Gasteiger partial charge is 0.261 e. The Bertz CT molecular complexity index is 1340. The van der Waals surface area contributed by atoms with Crippen molar-refractivity contribution < 1.29 is 13.2 Å². The third-order valence-electron chi connectivity index (χ3n) is 6.02. The Labute approximate surface area is 192 Å². The molecule has 9 nitrogen and oxygen atoms in total. The van der Waals surface area contributed by atoms with E-state index in [9.17, 15) is 18.0 Å². The van der Waals surface area contributed by atoms with Crippen molar-refractivity contribution in [3.05, 3.63) is 64.7 Å². The maximum Gasteiger partial charge on any atom is 0.261 e. The van der Waals surface area contributed by atoms with Gasteiger partial charge in [0.25, 0.3) is 5.56 Å². The summed E-state index contributed by atoms with van der Waals surface area (Å²) >= 11 is 0. The number of sulfonamides is 1. The lowest BCUT2D eigenvalue weighted by Crippen LogP contribution is -2.49. The molecule has 2 heterocycles. The molecule has 0 bridgehead atoms. The molecule has 1 saturated heterocycles. The number of nitrogens with one attached hydrogen (secondary N) is 1. The Kier molecular flexibility index (Phi) is 6.33. The fourth-order valence-corrected chi connectivity index (χ4v) is 5.59. The third kappa shape index (κ3) is 4.54. The number of para-hydroxylation sites is 1. The summed E-state index contributed by atoms with van der Waals surface area (Å²) < 4.78 is 29.2. The molecule has 1 amide bonds. The van der Waals surface area contributed by atoms with Crippen LogP contribution < -0.4 is 10.9 Å². The van der Waals surface area contributed by atoms with Crippen molar-refractivity contribution >= 4 is 32.5 Å². The minimum absolute atomic E-state index is 0.0913. The van der Waals surface area contributed by atoms with Gasteiger partial charge in [0, 0.05) is 45.8 Å². The molecule has 0 saturated carbocycles. The normalized spacial score (nSPS) is 16.6. The molecule has 33 heavy (non-hydrogen) atoms. The van der Waals surface area contributed by atoms with Gasteiger partial charge >= 0.3 is 0 Å². The van der Waals surface area contributed by atoms with Gasteiger partial charge in [-0.1, -0.05) is 12.1 Å². The number of aromatic nitrogens is 2. The van der Waals surface area contributed by atoms with E-state index in [0.29, 0.717) is 48.6 Å². The van der Waals surface area contributed by atoms with Crippen molar-refractivity contribution in [2.24, 2.45) is 7.05 Å². The zero-order valence-electron chi connectivity index (χ0n) is 18.9. The molecule has 1 fully saturated rings. The van der Waals surface area contributed by atoms with Crippen LogP contribution in [0.5, 0.6) is 0 Å². The molecule has 1 aliphatic rings. The Balaban J connectivity index is 1.48. The zero-order valence-corrected chi connectivity index (χ0v) is 19.7. The number of fused-ring (bicyclic) bond motifs is 1. The van der Waals surface area contributed by atoms with E-state index < -0.39 is 10.0 Å². The van der Waals surface area contributed by atoms with Crippen LogP contribution in [0.3, 0.4) is 0 Å². The molecule has 4 rings (SSSR count). The summed E-state index contributed by atoms with van der Waals surface area (Å²) in [7, 11) is -1.92. The van der Waals surface area contributed by atoms with Crippen molar-refractivity contribution in [2.45, 2.75) is 24.8 Å². The van der Waals surface area contributed by atoms with Gasteiger partial charge < -0.3 is 5.32 Å². The second-order valence-corrected chi connectivity index (χ2v) is 10.1. The molecule has 2 aromatic carbocycles. The van der Waals surface area contributed by atoms with Crippen LogP contribution in [-0.2, 0) is 21.9 Å². The van der Waals surface area contributed by atoms with Crippen LogP contribution in [0, 0.1) is 0 Å². The lowest BCUT2D eigenvalue weighted by Gasteiger charge is -2.37. The molecule has 1 aromatic heterocycles. The van der Waals surface area contributed by atoms with E-state index in [1.54, 1.807) is 29.8 Å². The molecular weight excluding hydrogens is 442 g/mol. The van der Waals surface area contributed by atoms with Crippen LogP contribution in [-0.4, -0.2) is 59.3 Å². The predicted octanol–water partition coefficient (Wildman–Crippen LogP) is 1.96. The monoisotopic (exact) mass is 469 g/mol. The number of hydrogen-bond acceptors (Lipinski definition) is 6. The number of carbonyl (C=O) groups is 1. The first kappa shape index (κ1) is 23.1. The van der Waals surface area contributed by atoms with E-state index in [2.05, 4.69) is 10.2 Å². The maximum atomic E-state index is 13.1. The van der Waals surface area contributed by atoms with Crippen molar-refractivity contribution in [3.63, 3.8) is 0 Å². The van der Waals surface area contributed by atoms with Crippen LogP contribution in [0.15, 0.2) is 58.2 Å². The summed E-state index contributed by atoms with van der Waals surface area (Å²) in [5.41, 5.74) is 1.12. The van der Waals surface area contributed by atoms with Gasteiger partial charge in [0.2, 0.25) is 15.9 Å². The van der Waals surface area contributed by atoms with E-state index in [1.165, 1.54) is 23.4 Å². The van der Waals surface area contributed by atoms with Gasteiger partial charge in [-0.15, -0.1) is 0 Å². The van der Waals surface area contributed by atoms with Crippen LogP contribution in [0.4, 0.5) is 5.69 Å². The van der Waals surface area contributed by atoms with E-state index in [0.717, 1.165) is 0 Å². The van der Waals surface area contributed by atoms with Crippen LogP contribution >= 0.6 is 0 Å². The molecule has 3 aromatic rings. The molecule has 0 spiro atoms. The SMILES string of the molecule is CC(=O)Nc1ccc(S(=O)(=O)N2CCN(C(C)c3nc4ccccc4c(=O)n3C)CC2)cc1. The standard InChI is InChI=1S/C23H27N5O4S/c1-16(22-25-21-7-5-4-6-20(21)23(30)26(22)3)27-12-14-28(15-13-27)33(31,32)19-10-8-18(9-11-19)24-17(2)29/h4-11,16H,12-15H2,1-3H3,(H,24,29). The average Bonchev–Trinajstić information content (AvgIpc) is 2.81. The fourth-order valence-electron chi connectivity index (χ4n) is 4.17. The van der Waals surface area contributed by atoms with Crippen molar-refractivity contribution in [1.29, 1.82) is 0 Å². The predicted molar refractivity (Wildman–Crippen MR) is 126 cm³/mol. The Morgan fingerprint density at radius 2 is 1.67 bits per heavy atom.